The summed E-state index contributed by atoms with van der Waals surface area (Å²) in [5.74, 6) is 0.904. The summed E-state index contributed by atoms with van der Waals surface area (Å²) >= 11 is 4.20. The summed E-state index contributed by atoms with van der Waals surface area (Å²) < 4.78 is 16.4. The highest BCUT2D eigenvalue weighted by atomic mass is 32.1. The average Bonchev–Trinajstić information content (AvgIpc) is 2.85. The fourth-order valence-corrected chi connectivity index (χ4v) is 6.61. The molecule has 0 radical (unpaired) electrons. The van der Waals surface area contributed by atoms with E-state index in [1.807, 2.05) is 0 Å². The lowest BCUT2D eigenvalue weighted by molar-refractivity contribution is -0.106. The van der Waals surface area contributed by atoms with E-state index in [9.17, 15) is 0 Å². The predicted molar refractivity (Wildman–Crippen MR) is 57.6 cm³/mol. The molecule has 1 fully saturated rings. The SMILES string of the molecule is COC1(OC)C[Si]1(CCCS)OC. The summed E-state index contributed by atoms with van der Waals surface area (Å²) in [5.41, 5.74) is -0.370. The molecule has 0 spiro atoms. The smallest absolute Gasteiger partial charge is 0.261 e. The molecule has 0 aliphatic carbocycles. The summed E-state index contributed by atoms with van der Waals surface area (Å²) in [6.45, 7) is 0. The van der Waals surface area contributed by atoms with Crippen molar-refractivity contribution in [2.45, 2.75) is 23.9 Å². The van der Waals surface area contributed by atoms with Gasteiger partial charge < -0.3 is 13.9 Å². The van der Waals surface area contributed by atoms with Crippen LogP contribution in [0.25, 0.3) is 0 Å². The van der Waals surface area contributed by atoms with E-state index in [1.54, 1.807) is 21.3 Å². The van der Waals surface area contributed by atoms with Gasteiger partial charge in [-0.25, -0.2) is 0 Å². The van der Waals surface area contributed by atoms with Crippen molar-refractivity contribution in [3.8, 4) is 0 Å². The molecule has 3 nitrogen and oxygen atoms in total. The van der Waals surface area contributed by atoms with Crippen molar-refractivity contribution in [3.05, 3.63) is 0 Å². The molecule has 0 aromatic heterocycles. The Morgan fingerprint density at radius 2 is 1.92 bits per heavy atom. The van der Waals surface area contributed by atoms with Crippen molar-refractivity contribution >= 4 is 20.9 Å². The number of hydrogen-bond acceptors (Lipinski definition) is 4. The fraction of sp³-hybridized carbons (Fsp3) is 1.00. The molecule has 1 rings (SSSR count). The number of rotatable bonds is 6. The van der Waals surface area contributed by atoms with Gasteiger partial charge in [0.15, 0.2) is 5.41 Å². The number of ether oxygens (including phenoxy) is 2. The molecule has 0 aromatic carbocycles. The zero-order chi connectivity index (χ0) is 9.95. The van der Waals surface area contributed by atoms with Crippen molar-refractivity contribution in [3.63, 3.8) is 0 Å². The molecule has 0 aromatic rings. The Balaban J connectivity index is 2.55. The number of methoxy groups -OCH3 is 2. The van der Waals surface area contributed by atoms with Gasteiger partial charge in [-0.3, -0.25) is 0 Å². The molecule has 0 amide bonds. The van der Waals surface area contributed by atoms with E-state index in [1.165, 1.54) is 0 Å². The van der Waals surface area contributed by atoms with Crippen molar-refractivity contribution in [1.82, 2.24) is 0 Å². The van der Waals surface area contributed by atoms with Crippen LogP contribution in [0.5, 0.6) is 0 Å². The molecule has 0 bridgehead atoms. The summed E-state index contributed by atoms with van der Waals surface area (Å²) in [5, 5.41) is 0. The van der Waals surface area contributed by atoms with Crippen LogP contribution in [0.15, 0.2) is 0 Å². The van der Waals surface area contributed by atoms with Crippen LogP contribution in [0.1, 0.15) is 6.42 Å². The van der Waals surface area contributed by atoms with Crippen LogP contribution < -0.4 is 0 Å². The third-order valence-electron chi connectivity index (χ3n) is 2.88. The second kappa shape index (κ2) is 4.31. The minimum atomic E-state index is -1.72. The highest BCUT2D eigenvalue weighted by Crippen LogP contribution is 2.53. The molecule has 78 valence electrons. The molecule has 0 N–H and O–H groups in total. The minimum Gasteiger partial charge on any atom is -0.414 e. The lowest BCUT2D eigenvalue weighted by atomic mass is 10.6. The van der Waals surface area contributed by atoms with Gasteiger partial charge in [-0.05, 0) is 18.2 Å². The third-order valence-corrected chi connectivity index (χ3v) is 7.72. The molecule has 1 saturated heterocycles. The van der Waals surface area contributed by atoms with Crippen molar-refractivity contribution in [2.24, 2.45) is 0 Å². The van der Waals surface area contributed by atoms with Gasteiger partial charge in [0, 0.05) is 27.4 Å². The molecular formula is C8H18O3SSi. The summed E-state index contributed by atoms with van der Waals surface area (Å²) in [6, 6.07) is 2.03. The Kier molecular flexibility index (Phi) is 3.82. The van der Waals surface area contributed by atoms with E-state index < -0.39 is 8.32 Å². The van der Waals surface area contributed by atoms with Gasteiger partial charge in [0.2, 0.25) is 0 Å². The molecule has 5 heteroatoms. The second-order valence-electron chi connectivity index (χ2n) is 3.36. The first-order valence-corrected chi connectivity index (χ1v) is 7.42. The molecule has 1 aliphatic heterocycles. The van der Waals surface area contributed by atoms with Crippen LogP contribution >= 0.6 is 12.6 Å². The Morgan fingerprint density at radius 1 is 1.31 bits per heavy atom. The van der Waals surface area contributed by atoms with Crippen LogP contribution in [0.3, 0.4) is 0 Å². The Hall–Kier alpha value is 0.447. The maximum Gasteiger partial charge on any atom is 0.261 e. The van der Waals surface area contributed by atoms with Crippen molar-refractivity contribution < 1.29 is 13.9 Å². The van der Waals surface area contributed by atoms with Gasteiger partial charge in [0.25, 0.3) is 8.32 Å². The van der Waals surface area contributed by atoms with Gasteiger partial charge in [0.05, 0.1) is 0 Å². The molecule has 1 heterocycles. The number of thiol groups is 1. The van der Waals surface area contributed by atoms with Crippen LogP contribution in [0.4, 0.5) is 0 Å². The normalized spacial score (nSPS) is 30.5. The molecule has 0 saturated carbocycles. The third kappa shape index (κ3) is 1.80. The monoisotopic (exact) mass is 222 g/mol. The first-order valence-electron chi connectivity index (χ1n) is 4.46. The lowest BCUT2D eigenvalue weighted by Crippen LogP contribution is -2.36. The maximum atomic E-state index is 5.60. The van der Waals surface area contributed by atoms with Gasteiger partial charge in [-0.15, -0.1) is 0 Å². The molecule has 1 atom stereocenters. The van der Waals surface area contributed by atoms with E-state index in [0.717, 1.165) is 24.3 Å². The molecule has 1 aliphatic rings. The molecule has 13 heavy (non-hydrogen) atoms. The summed E-state index contributed by atoms with van der Waals surface area (Å²) in [7, 11) is 3.43. The van der Waals surface area contributed by atoms with Crippen molar-refractivity contribution in [2.75, 3.05) is 27.1 Å². The van der Waals surface area contributed by atoms with E-state index >= 15 is 0 Å². The van der Waals surface area contributed by atoms with E-state index in [-0.39, 0.29) is 5.41 Å². The second-order valence-corrected chi connectivity index (χ2v) is 7.82. The zero-order valence-corrected chi connectivity index (χ0v) is 10.4. The fourth-order valence-electron chi connectivity index (χ4n) is 1.90. The molecular weight excluding hydrogens is 204 g/mol. The quantitative estimate of drug-likeness (QED) is 0.419. The topological polar surface area (TPSA) is 27.7 Å². The first kappa shape index (κ1) is 11.5. The Labute approximate surface area is 86.3 Å². The number of hydrogen-bond donors (Lipinski definition) is 1. The highest BCUT2D eigenvalue weighted by molar-refractivity contribution is 7.80. The van der Waals surface area contributed by atoms with Gasteiger partial charge in [0.1, 0.15) is 0 Å². The largest absolute Gasteiger partial charge is 0.414 e. The lowest BCUT2D eigenvalue weighted by Gasteiger charge is -2.20. The van der Waals surface area contributed by atoms with Crippen molar-refractivity contribution in [1.29, 1.82) is 0 Å². The zero-order valence-electron chi connectivity index (χ0n) is 8.50. The van der Waals surface area contributed by atoms with E-state index in [2.05, 4.69) is 12.6 Å². The Bertz CT molecular complexity index is 175. The summed E-state index contributed by atoms with van der Waals surface area (Å²) in [4.78, 5) is 0. The van der Waals surface area contributed by atoms with Crippen LogP contribution in [0.2, 0.25) is 12.1 Å². The van der Waals surface area contributed by atoms with E-state index in [4.69, 9.17) is 13.9 Å². The Morgan fingerprint density at radius 3 is 2.23 bits per heavy atom. The van der Waals surface area contributed by atoms with Gasteiger partial charge >= 0.3 is 0 Å². The summed E-state index contributed by atoms with van der Waals surface area (Å²) in [6.07, 6.45) is 1.08. The minimum absolute atomic E-state index is 0.370. The maximum absolute atomic E-state index is 5.60. The average molecular weight is 222 g/mol. The van der Waals surface area contributed by atoms with Crippen LogP contribution in [-0.2, 0) is 13.9 Å². The predicted octanol–water partition coefficient (Wildman–Crippen LogP) is 1.44. The first-order chi connectivity index (χ1) is 6.20. The molecule has 1 unspecified atom stereocenters. The highest BCUT2D eigenvalue weighted by Gasteiger charge is 2.73. The van der Waals surface area contributed by atoms with Crippen LogP contribution in [0, 0.1) is 0 Å². The van der Waals surface area contributed by atoms with E-state index in [0.29, 0.717) is 0 Å². The van der Waals surface area contributed by atoms with Gasteiger partial charge in [-0.2, -0.15) is 12.6 Å². The van der Waals surface area contributed by atoms with Gasteiger partial charge in [-0.1, -0.05) is 0 Å². The standard InChI is InChI=1S/C8H18O3SSi/c1-9-8(10-2)7-13(8,11-3)6-4-5-12/h12H,4-7H2,1-3H3. The van der Waals surface area contributed by atoms with Crippen LogP contribution in [-0.4, -0.2) is 40.8 Å².